The number of halogens is 1. The molecule has 0 bridgehead atoms. The minimum absolute atomic E-state index is 0. The highest BCUT2D eigenvalue weighted by atomic mass is 127. The Hall–Kier alpha value is -0.800. The van der Waals surface area contributed by atoms with Gasteiger partial charge in [0.2, 0.25) is 0 Å². The smallest absolute Gasteiger partial charge is 0.191 e. The van der Waals surface area contributed by atoms with Gasteiger partial charge >= 0.3 is 0 Å². The number of aliphatic imine (C=N–C) groups is 1. The monoisotopic (exact) mass is 520 g/mol. The van der Waals surface area contributed by atoms with Crippen LogP contribution in [0.3, 0.4) is 0 Å². The second-order valence-electron chi connectivity index (χ2n) is 8.31. The van der Waals surface area contributed by atoms with E-state index < -0.39 is 5.60 Å². The lowest BCUT2D eigenvalue weighted by molar-refractivity contribution is 0.0657. The highest BCUT2D eigenvalue weighted by Gasteiger charge is 2.27. The van der Waals surface area contributed by atoms with Crippen LogP contribution < -0.4 is 10.6 Å². The van der Waals surface area contributed by atoms with Gasteiger partial charge in [-0.25, -0.2) is 4.99 Å². The zero-order valence-electron chi connectivity index (χ0n) is 18.9. The molecule has 168 valence electrons. The van der Waals surface area contributed by atoms with Crippen LogP contribution in [-0.2, 0) is 5.60 Å². The van der Waals surface area contributed by atoms with Crippen molar-refractivity contribution in [3.8, 4) is 0 Å². The molecule has 1 aromatic rings. The second-order valence-corrected chi connectivity index (χ2v) is 8.31. The lowest BCUT2D eigenvalue weighted by atomic mass is 9.96. The maximum Gasteiger partial charge on any atom is 0.191 e. The molecule has 1 saturated heterocycles. The number of aliphatic hydroxyl groups is 1. The number of hydrogen-bond donors (Lipinski definition) is 3. The van der Waals surface area contributed by atoms with E-state index in [-0.39, 0.29) is 30.5 Å². The third-order valence-electron chi connectivity index (χ3n) is 5.62. The van der Waals surface area contributed by atoms with Gasteiger partial charge in [0.1, 0.15) is 17.1 Å². The van der Waals surface area contributed by atoms with E-state index in [9.17, 15) is 5.11 Å². The molecular weight excluding hydrogens is 479 g/mol. The molecule has 7 heteroatoms. The van der Waals surface area contributed by atoms with Gasteiger partial charge in [0.25, 0.3) is 0 Å². The molecule has 1 aliphatic heterocycles. The molecule has 0 amide bonds. The van der Waals surface area contributed by atoms with Crippen molar-refractivity contribution in [3.05, 3.63) is 23.2 Å². The summed E-state index contributed by atoms with van der Waals surface area (Å²) in [7, 11) is 0. The summed E-state index contributed by atoms with van der Waals surface area (Å²) in [6.45, 7) is 14.4. The summed E-state index contributed by atoms with van der Waals surface area (Å²) in [5, 5.41) is 17.5. The third-order valence-corrected chi connectivity index (χ3v) is 5.62. The third kappa shape index (κ3) is 8.45. The van der Waals surface area contributed by atoms with Crippen LogP contribution in [0.5, 0.6) is 0 Å². The average Bonchev–Trinajstić information content (AvgIpc) is 3.00. The molecule has 1 aromatic heterocycles. The van der Waals surface area contributed by atoms with Gasteiger partial charge in [-0.2, -0.15) is 0 Å². The van der Waals surface area contributed by atoms with Crippen LogP contribution in [0, 0.1) is 13.8 Å². The molecule has 2 atom stereocenters. The molecule has 6 nitrogen and oxygen atoms in total. The molecule has 0 aliphatic carbocycles. The van der Waals surface area contributed by atoms with Crippen molar-refractivity contribution in [3.63, 3.8) is 0 Å². The Morgan fingerprint density at radius 2 is 2.07 bits per heavy atom. The number of nitrogens with one attached hydrogen (secondary N) is 2. The van der Waals surface area contributed by atoms with Crippen molar-refractivity contribution in [1.29, 1.82) is 0 Å². The quantitative estimate of drug-likeness (QED) is 0.199. The lowest BCUT2D eigenvalue weighted by Crippen LogP contribution is -2.40. The first-order chi connectivity index (χ1) is 13.3. The van der Waals surface area contributed by atoms with Crippen LogP contribution in [0.4, 0.5) is 0 Å². The van der Waals surface area contributed by atoms with E-state index in [0.717, 1.165) is 48.6 Å². The fraction of sp³-hybridized carbons (Fsp3) is 0.773. The van der Waals surface area contributed by atoms with Crippen LogP contribution in [0.25, 0.3) is 0 Å². The molecule has 2 rings (SSSR count). The maximum atomic E-state index is 10.8. The van der Waals surface area contributed by atoms with Crippen LogP contribution in [0.1, 0.15) is 70.0 Å². The van der Waals surface area contributed by atoms with Crippen LogP contribution in [-0.4, -0.2) is 54.7 Å². The van der Waals surface area contributed by atoms with E-state index >= 15 is 0 Å². The Morgan fingerprint density at radius 1 is 1.31 bits per heavy atom. The number of nitrogens with zero attached hydrogens (tertiary/aromatic N) is 2. The Kier molecular flexibility index (Phi) is 11.6. The van der Waals surface area contributed by atoms with E-state index in [1.807, 2.05) is 19.9 Å². The largest absolute Gasteiger partial charge is 0.466 e. The molecule has 0 aromatic carbocycles. The molecule has 1 fully saturated rings. The normalized spacial score (nSPS) is 20.1. The number of rotatable bonds is 9. The number of furan rings is 1. The Labute approximate surface area is 193 Å². The first kappa shape index (κ1) is 26.2. The summed E-state index contributed by atoms with van der Waals surface area (Å²) in [4.78, 5) is 7.22. The van der Waals surface area contributed by atoms with E-state index in [1.165, 1.54) is 38.8 Å². The van der Waals surface area contributed by atoms with Gasteiger partial charge in [0.05, 0.1) is 6.54 Å². The summed E-state index contributed by atoms with van der Waals surface area (Å²) >= 11 is 0. The standard InChI is InChI=1S/C22H40N4O2.HI/c1-6-23-21(24-12-8-10-14-26-13-9-7-11-17(26)2)25-16-22(5,27)20-15-18(3)28-19(20)4;/h15,17,27H,6-14,16H2,1-5H3,(H2,23,24,25);1H. The molecule has 2 unspecified atom stereocenters. The molecule has 0 spiro atoms. The summed E-state index contributed by atoms with van der Waals surface area (Å²) in [6, 6.07) is 2.63. The summed E-state index contributed by atoms with van der Waals surface area (Å²) in [5.41, 5.74) is -0.241. The number of unbranched alkanes of at least 4 members (excludes halogenated alkanes) is 1. The number of hydrogen-bond acceptors (Lipinski definition) is 4. The number of likely N-dealkylation sites (tertiary alicyclic amines) is 1. The highest BCUT2D eigenvalue weighted by molar-refractivity contribution is 14.0. The number of piperidine rings is 1. The summed E-state index contributed by atoms with van der Waals surface area (Å²) < 4.78 is 5.56. The highest BCUT2D eigenvalue weighted by Crippen LogP contribution is 2.27. The first-order valence-corrected chi connectivity index (χ1v) is 10.9. The van der Waals surface area contributed by atoms with E-state index in [4.69, 9.17) is 4.42 Å². The van der Waals surface area contributed by atoms with Crippen LogP contribution >= 0.6 is 24.0 Å². The fourth-order valence-corrected chi connectivity index (χ4v) is 3.96. The van der Waals surface area contributed by atoms with Gasteiger partial charge in [-0.15, -0.1) is 24.0 Å². The Balaban J connectivity index is 0.00000420. The zero-order chi connectivity index (χ0) is 20.6. The first-order valence-electron chi connectivity index (χ1n) is 10.9. The van der Waals surface area contributed by atoms with E-state index in [0.29, 0.717) is 0 Å². The molecule has 0 saturated carbocycles. The molecular formula is C22H41IN4O2. The van der Waals surface area contributed by atoms with Gasteiger partial charge in [0.15, 0.2) is 5.96 Å². The summed E-state index contributed by atoms with van der Waals surface area (Å²) in [6.07, 6.45) is 6.37. The van der Waals surface area contributed by atoms with Crippen molar-refractivity contribution in [1.82, 2.24) is 15.5 Å². The topological polar surface area (TPSA) is 73.0 Å². The van der Waals surface area contributed by atoms with Crippen LogP contribution in [0.2, 0.25) is 0 Å². The Morgan fingerprint density at radius 3 is 2.69 bits per heavy atom. The van der Waals surface area contributed by atoms with Gasteiger partial charge in [-0.3, -0.25) is 0 Å². The average molecular weight is 521 g/mol. The predicted molar refractivity (Wildman–Crippen MR) is 131 cm³/mol. The SMILES string of the molecule is CCNC(=NCC(C)(O)c1cc(C)oc1C)NCCCCN1CCCCC1C.I. The van der Waals surface area contributed by atoms with Crippen molar-refractivity contribution >= 4 is 29.9 Å². The summed E-state index contributed by atoms with van der Waals surface area (Å²) in [5.74, 6) is 2.32. The minimum atomic E-state index is -1.05. The molecule has 1 aliphatic rings. The molecule has 2 heterocycles. The van der Waals surface area contributed by atoms with Crippen molar-refractivity contribution in [2.75, 3.05) is 32.7 Å². The van der Waals surface area contributed by atoms with Gasteiger partial charge < -0.3 is 25.1 Å². The van der Waals surface area contributed by atoms with Gasteiger partial charge in [-0.05, 0) is 79.5 Å². The Bertz CT molecular complexity index is 630. The zero-order valence-corrected chi connectivity index (χ0v) is 21.2. The van der Waals surface area contributed by atoms with Crippen molar-refractivity contribution < 1.29 is 9.52 Å². The molecule has 29 heavy (non-hydrogen) atoms. The van der Waals surface area contributed by atoms with E-state index in [2.05, 4.69) is 34.4 Å². The second kappa shape index (κ2) is 12.8. The van der Waals surface area contributed by atoms with Crippen LogP contribution in [0.15, 0.2) is 15.5 Å². The van der Waals surface area contributed by atoms with Gasteiger partial charge in [0, 0.05) is 24.7 Å². The number of aryl methyl sites for hydroxylation is 2. The van der Waals surface area contributed by atoms with E-state index in [1.54, 1.807) is 6.92 Å². The van der Waals surface area contributed by atoms with Gasteiger partial charge in [-0.1, -0.05) is 6.42 Å². The minimum Gasteiger partial charge on any atom is -0.466 e. The lowest BCUT2D eigenvalue weighted by Gasteiger charge is -2.33. The fourth-order valence-electron chi connectivity index (χ4n) is 3.96. The predicted octanol–water partition coefficient (Wildman–Crippen LogP) is 3.93. The number of guanidine groups is 1. The maximum absolute atomic E-state index is 10.8. The molecule has 0 radical (unpaired) electrons. The van der Waals surface area contributed by atoms with Crippen molar-refractivity contribution in [2.45, 2.75) is 78.4 Å². The molecule has 3 N–H and O–H groups in total. The van der Waals surface area contributed by atoms with Crippen molar-refractivity contribution in [2.24, 2.45) is 4.99 Å².